The second-order valence-corrected chi connectivity index (χ2v) is 5.87. The zero-order chi connectivity index (χ0) is 17.0. The number of aromatic nitrogens is 1. The lowest BCUT2D eigenvalue weighted by atomic mass is 10.1. The Balaban J connectivity index is 2.62. The molecule has 0 radical (unpaired) electrons. The monoisotopic (exact) mass is 310 g/mol. The molecule has 0 saturated carbocycles. The number of pyridine rings is 1. The summed E-state index contributed by atoms with van der Waals surface area (Å²) >= 11 is 0. The van der Waals surface area contributed by atoms with Crippen LogP contribution < -0.4 is 10.3 Å². The van der Waals surface area contributed by atoms with E-state index in [0.29, 0.717) is 0 Å². The molecule has 1 heterocycles. The largest absolute Gasteiger partial charge is 0.491 e. The molecule has 0 bridgehead atoms. The van der Waals surface area contributed by atoms with E-state index in [1.807, 2.05) is 64.1 Å². The summed E-state index contributed by atoms with van der Waals surface area (Å²) in [5.41, 5.74) is 1.64. The second-order valence-electron chi connectivity index (χ2n) is 5.87. The fraction of sp³-hybridized carbons (Fsp3) is 0.368. The summed E-state index contributed by atoms with van der Waals surface area (Å²) in [5.74, 6) is 0.769. The van der Waals surface area contributed by atoms with Gasteiger partial charge in [0.2, 0.25) is 0 Å². The van der Waals surface area contributed by atoms with E-state index in [1.54, 1.807) is 10.6 Å². The molecule has 4 nitrogen and oxygen atoms in total. The van der Waals surface area contributed by atoms with E-state index in [-0.39, 0.29) is 23.3 Å². The summed E-state index contributed by atoms with van der Waals surface area (Å²) in [7, 11) is 0. The summed E-state index contributed by atoms with van der Waals surface area (Å²) < 4.78 is 7.44. The average molecular weight is 310 g/mol. The van der Waals surface area contributed by atoms with Crippen molar-refractivity contribution in [2.45, 2.75) is 46.3 Å². The Bertz CT molecular complexity index is 785. The van der Waals surface area contributed by atoms with Crippen LogP contribution in [0.2, 0.25) is 0 Å². The van der Waals surface area contributed by atoms with Crippen molar-refractivity contribution in [3.05, 3.63) is 52.3 Å². The molecule has 2 aromatic rings. The lowest BCUT2D eigenvalue weighted by Crippen LogP contribution is -2.26. The number of benzene rings is 1. The highest BCUT2D eigenvalue weighted by Gasteiger charge is 2.15. The van der Waals surface area contributed by atoms with Gasteiger partial charge in [0.15, 0.2) is 0 Å². The number of hydrogen-bond donors (Lipinski definition) is 0. The lowest BCUT2D eigenvalue weighted by Gasteiger charge is -2.19. The summed E-state index contributed by atoms with van der Waals surface area (Å²) in [4.78, 5) is 12.6. The van der Waals surface area contributed by atoms with Crippen molar-refractivity contribution < 1.29 is 4.74 Å². The van der Waals surface area contributed by atoms with Crippen LogP contribution in [0.5, 0.6) is 5.75 Å². The van der Waals surface area contributed by atoms with Crippen LogP contribution in [0.4, 0.5) is 0 Å². The Morgan fingerprint density at radius 1 is 1.22 bits per heavy atom. The SMILES string of the molecule is CCC(C)n1c(-c2cccc(OC(C)C)c2)ccc(C#N)c1=O. The van der Waals surface area contributed by atoms with Gasteiger partial charge < -0.3 is 9.30 Å². The molecule has 0 aliphatic carbocycles. The van der Waals surface area contributed by atoms with Gasteiger partial charge in [0, 0.05) is 11.6 Å². The van der Waals surface area contributed by atoms with Crippen LogP contribution in [0, 0.1) is 11.3 Å². The van der Waals surface area contributed by atoms with Crippen LogP contribution in [0.25, 0.3) is 11.3 Å². The molecule has 1 atom stereocenters. The highest BCUT2D eigenvalue weighted by atomic mass is 16.5. The molecular weight excluding hydrogens is 288 g/mol. The van der Waals surface area contributed by atoms with Crippen LogP contribution >= 0.6 is 0 Å². The molecule has 0 spiro atoms. The van der Waals surface area contributed by atoms with Gasteiger partial charge >= 0.3 is 0 Å². The van der Waals surface area contributed by atoms with E-state index in [1.165, 1.54) is 0 Å². The first-order chi connectivity index (χ1) is 11.0. The van der Waals surface area contributed by atoms with Crippen molar-refractivity contribution in [1.29, 1.82) is 5.26 Å². The smallest absolute Gasteiger partial charge is 0.269 e. The minimum Gasteiger partial charge on any atom is -0.491 e. The summed E-state index contributed by atoms with van der Waals surface area (Å²) in [5, 5.41) is 9.12. The third kappa shape index (κ3) is 3.62. The number of hydrogen-bond acceptors (Lipinski definition) is 3. The Hall–Kier alpha value is -2.54. The third-order valence-corrected chi connectivity index (χ3v) is 3.77. The van der Waals surface area contributed by atoms with Crippen LogP contribution in [0.15, 0.2) is 41.2 Å². The predicted octanol–water partition coefficient (Wildman–Crippen LogP) is 4.15. The number of nitrogens with zero attached hydrogens (tertiary/aromatic N) is 2. The Morgan fingerprint density at radius 2 is 1.96 bits per heavy atom. The lowest BCUT2D eigenvalue weighted by molar-refractivity contribution is 0.242. The molecule has 4 heteroatoms. The standard InChI is InChI=1S/C19H22N2O2/c1-5-14(4)21-18(10-9-16(12-20)19(21)22)15-7-6-8-17(11-15)23-13(2)3/h6-11,13-14H,5H2,1-4H3. The molecule has 0 amide bonds. The highest BCUT2D eigenvalue weighted by molar-refractivity contribution is 5.62. The van der Waals surface area contributed by atoms with Crippen LogP contribution in [0.3, 0.4) is 0 Å². The first kappa shape index (κ1) is 16.8. The summed E-state index contributed by atoms with van der Waals surface area (Å²) in [6, 6.07) is 13.1. The maximum atomic E-state index is 12.6. The normalized spacial score (nSPS) is 12.0. The molecule has 1 unspecified atom stereocenters. The van der Waals surface area contributed by atoms with Gasteiger partial charge in [-0.05, 0) is 51.5 Å². The second kappa shape index (κ2) is 7.15. The van der Waals surface area contributed by atoms with Crippen molar-refractivity contribution in [2.24, 2.45) is 0 Å². The molecule has 0 N–H and O–H groups in total. The maximum Gasteiger partial charge on any atom is 0.269 e. The molecule has 0 saturated heterocycles. The fourth-order valence-electron chi connectivity index (χ4n) is 2.49. The van der Waals surface area contributed by atoms with Gasteiger partial charge in [0.05, 0.1) is 11.8 Å². The van der Waals surface area contributed by atoms with Crippen molar-refractivity contribution in [3.8, 4) is 23.1 Å². The molecule has 0 fully saturated rings. The molecule has 120 valence electrons. The van der Waals surface area contributed by atoms with Gasteiger partial charge in [-0.3, -0.25) is 4.79 Å². The van der Waals surface area contributed by atoms with Crippen molar-refractivity contribution in [3.63, 3.8) is 0 Å². The van der Waals surface area contributed by atoms with E-state index in [2.05, 4.69) is 0 Å². The molecule has 0 aliphatic rings. The van der Waals surface area contributed by atoms with E-state index < -0.39 is 0 Å². The molecule has 23 heavy (non-hydrogen) atoms. The van der Waals surface area contributed by atoms with Gasteiger partial charge in [-0.25, -0.2) is 0 Å². The van der Waals surface area contributed by atoms with Gasteiger partial charge in [-0.2, -0.15) is 5.26 Å². The van der Waals surface area contributed by atoms with Gasteiger partial charge in [-0.1, -0.05) is 19.1 Å². The number of rotatable bonds is 5. The molecule has 0 aliphatic heterocycles. The Kier molecular flexibility index (Phi) is 5.23. The number of ether oxygens (including phenoxy) is 1. The summed E-state index contributed by atoms with van der Waals surface area (Å²) in [6.07, 6.45) is 0.896. The topological polar surface area (TPSA) is 55.0 Å². The van der Waals surface area contributed by atoms with E-state index in [9.17, 15) is 4.79 Å². The fourth-order valence-corrected chi connectivity index (χ4v) is 2.49. The Labute approximate surface area is 137 Å². The predicted molar refractivity (Wildman–Crippen MR) is 91.6 cm³/mol. The molecule has 1 aromatic heterocycles. The van der Waals surface area contributed by atoms with Crippen molar-refractivity contribution in [1.82, 2.24) is 4.57 Å². The summed E-state index contributed by atoms with van der Waals surface area (Å²) in [6.45, 7) is 7.96. The number of nitriles is 1. The van der Waals surface area contributed by atoms with Crippen LogP contribution in [-0.4, -0.2) is 10.7 Å². The van der Waals surface area contributed by atoms with Crippen LogP contribution in [-0.2, 0) is 0 Å². The highest BCUT2D eigenvalue weighted by Crippen LogP contribution is 2.26. The third-order valence-electron chi connectivity index (χ3n) is 3.77. The molecular formula is C19H22N2O2. The first-order valence-electron chi connectivity index (χ1n) is 7.90. The Morgan fingerprint density at radius 3 is 2.57 bits per heavy atom. The van der Waals surface area contributed by atoms with Gasteiger partial charge in [-0.15, -0.1) is 0 Å². The van der Waals surface area contributed by atoms with Crippen LogP contribution in [0.1, 0.15) is 45.7 Å². The van der Waals surface area contributed by atoms with E-state index >= 15 is 0 Å². The minimum absolute atomic E-state index is 0.0143. The zero-order valence-corrected chi connectivity index (χ0v) is 14.0. The van der Waals surface area contributed by atoms with E-state index in [0.717, 1.165) is 23.4 Å². The first-order valence-corrected chi connectivity index (χ1v) is 7.90. The molecule has 1 aromatic carbocycles. The average Bonchev–Trinajstić information content (AvgIpc) is 2.53. The molecule has 2 rings (SSSR count). The zero-order valence-electron chi connectivity index (χ0n) is 14.0. The van der Waals surface area contributed by atoms with Gasteiger partial charge in [0.1, 0.15) is 17.4 Å². The van der Waals surface area contributed by atoms with Crippen molar-refractivity contribution >= 4 is 0 Å². The quantitative estimate of drug-likeness (QED) is 0.833. The maximum absolute atomic E-state index is 12.6. The van der Waals surface area contributed by atoms with Crippen molar-refractivity contribution in [2.75, 3.05) is 0 Å². The minimum atomic E-state index is -0.241. The van der Waals surface area contributed by atoms with Gasteiger partial charge in [0.25, 0.3) is 5.56 Å². The van der Waals surface area contributed by atoms with E-state index in [4.69, 9.17) is 10.00 Å².